The van der Waals surface area contributed by atoms with Crippen molar-refractivity contribution in [3.8, 4) is 5.75 Å². The number of hydrogen-bond acceptors (Lipinski definition) is 2. The predicted molar refractivity (Wildman–Crippen MR) is 80.5 cm³/mol. The minimum Gasteiger partial charge on any atom is -0.405 e. The first kappa shape index (κ1) is 15.1. The van der Waals surface area contributed by atoms with Gasteiger partial charge >= 0.3 is 6.36 Å². The van der Waals surface area contributed by atoms with Crippen LogP contribution in [0.3, 0.4) is 0 Å². The second kappa shape index (κ2) is 5.76. The average Bonchev–Trinajstić information content (AvgIpc) is 2.53. The smallest absolute Gasteiger partial charge is 0.405 e. The van der Waals surface area contributed by atoms with Crippen LogP contribution in [0.4, 0.5) is 13.2 Å². The molecule has 0 spiro atoms. The molecule has 0 aromatic heterocycles. The molecule has 3 aromatic rings. The number of alkyl halides is 3. The molecule has 0 amide bonds. The Labute approximate surface area is 130 Å². The molecule has 0 saturated carbocycles. The molecule has 0 bridgehead atoms. The zero-order chi connectivity index (χ0) is 16.4. The highest BCUT2D eigenvalue weighted by atomic mass is 19.4. The summed E-state index contributed by atoms with van der Waals surface area (Å²) in [5, 5.41) is 1.52. The maximum absolute atomic E-state index is 12.7. The van der Waals surface area contributed by atoms with Crippen molar-refractivity contribution in [3.63, 3.8) is 0 Å². The number of carbonyl (C=O) groups excluding carboxylic acids is 1. The lowest BCUT2D eigenvalue weighted by Gasteiger charge is -2.13. The highest BCUT2D eigenvalue weighted by Crippen LogP contribution is 2.29. The summed E-state index contributed by atoms with van der Waals surface area (Å²) in [5.41, 5.74) is 0.211. The molecule has 0 fully saturated rings. The van der Waals surface area contributed by atoms with Gasteiger partial charge in [0.25, 0.3) is 0 Å². The quantitative estimate of drug-likeness (QED) is 0.638. The van der Waals surface area contributed by atoms with Gasteiger partial charge in [-0.25, -0.2) is 0 Å². The van der Waals surface area contributed by atoms with Crippen molar-refractivity contribution >= 4 is 16.6 Å². The number of ether oxygens (including phenoxy) is 1. The van der Waals surface area contributed by atoms with E-state index < -0.39 is 17.9 Å². The fourth-order valence-electron chi connectivity index (χ4n) is 2.44. The van der Waals surface area contributed by atoms with E-state index in [0.717, 1.165) is 11.5 Å². The minimum absolute atomic E-state index is 0.124. The number of carbonyl (C=O) groups is 1. The van der Waals surface area contributed by atoms with Crippen LogP contribution >= 0.6 is 0 Å². The molecule has 5 heteroatoms. The van der Waals surface area contributed by atoms with Crippen LogP contribution in [0.25, 0.3) is 10.8 Å². The largest absolute Gasteiger partial charge is 0.573 e. The van der Waals surface area contributed by atoms with Gasteiger partial charge in [0.1, 0.15) is 5.75 Å². The van der Waals surface area contributed by atoms with Crippen molar-refractivity contribution in [2.45, 2.75) is 6.36 Å². The third-order valence-corrected chi connectivity index (χ3v) is 3.39. The molecule has 2 nitrogen and oxygen atoms in total. The molecule has 0 N–H and O–H groups in total. The molecular formula is C18H11F3O2. The number of rotatable bonds is 3. The molecule has 0 saturated heterocycles. The van der Waals surface area contributed by atoms with Gasteiger partial charge in [-0.3, -0.25) is 4.79 Å². The lowest BCUT2D eigenvalue weighted by atomic mass is 9.97. The van der Waals surface area contributed by atoms with Gasteiger partial charge in [0.2, 0.25) is 0 Å². The number of ketones is 1. The second-order valence-corrected chi connectivity index (χ2v) is 4.90. The van der Waals surface area contributed by atoms with Gasteiger partial charge in [0.05, 0.1) is 5.56 Å². The van der Waals surface area contributed by atoms with E-state index >= 15 is 0 Å². The number of halogens is 3. The van der Waals surface area contributed by atoms with Crippen LogP contribution in [0, 0.1) is 0 Å². The predicted octanol–water partition coefficient (Wildman–Crippen LogP) is 4.97. The summed E-state index contributed by atoms with van der Waals surface area (Å²) >= 11 is 0. The Kier molecular flexibility index (Phi) is 3.78. The first-order valence-electron chi connectivity index (χ1n) is 6.83. The zero-order valence-electron chi connectivity index (χ0n) is 11.8. The molecule has 116 valence electrons. The van der Waals surface area contributed by atoms with Crippen LogP contribution in [-0.4, -0.2) is 12.1 Å². The summed E-state index contributed by atoms with van der Waals surface area (Å²) in [6, 6.07) is 17.7. The van der Waals surface area contributed by atoms with Gasteiger partial charge in [-0.05, 0) is 22.9 Å². The molecule has 0 atom stereocenters. The van der Waals surface area contributed by atoms with E-state index in [1.54, 1.807) is 24.3 Å². The van der Waals surface area contributed by atoms with Gasteiger partial charge in [-0.15, -0.1) is 13.2 Å². The summed E-state index contributed by atoms with van der Waals surface area (Å²) < 4.78 is 41.5. The van der Waals surface area contributed by atoms with E-state index in [9.17, 15) is 18.0 Å². The molecule has 0 aliphatic heterocycles. The van der Waals surface area contributed by atoms with Gasteiger partial charge < -0.3 is 4.74 Å². The van der Waals surface area contributed by atoms with Crippen molar-refractivity contribution in [1.82, 2.24) is 0 Å². The fraction of sp³-hybridized carbons (Fsp3) is 0.0556. The monoisotopic (exact) mass is 316 g/mol. The van der Waals surface area contributed by atoms with Gasteiger partial charge in [-0.2, -0.15) is 0 Å². The van der Waals surface area contributed by atoms with E-state index in [4.69, 9.17) is 0 Å². The molecule has 0 aliphatic carbocycles. The Hall–Kier alpha value is -2.82. The van der Waals surface area contributed by atoms with Crippen LogP contribution in [0.1, 0.15) is 15.9 Å². The topological polar surface area (TPSA) is 26.3 Å². The molecule has 0 unspecified atom stereocenters. The molecular weight excluding hydrogens is 305 g/mol. The molecule has 3 rings (SSSR count). The van der Waals surface area contributed by atoms with Crippen molar-refractivity contribution in [1.29, 1.82) is 0 Å². The summed E-state index contributed by atoms with van der Waals surface area (Å²) in [6.45, 7) is 0. The third-order valence-electron chi connectivity index (χ3n) is 3.39. The highest BCUT2D eigenvalue weighted by molar-refractivity contribution is 6.17. The second-order valence-electron chi connectivity index (χ2n) is 4.90. The Bertz CT molecular complexity index is 864. The number of fused-ring (bicyclic) bond motifs is 1. The first-order valence-corrected chi connectivity index (χ1v) is 6.83. The molecule has 0 aliphatic rings. The maximum atomic E-state index is 12.7. The van der Waals surface area contributed by atoms with Gasteiger partial charge in [0, 0.05) is 5.56 Å². The highest BCUT2D eigenvalue weighted by Gasteiger charge is 2.33. The van der Waals surface area contributed by atoms with Crippen LogP contribution in [0.15, 0.2) is 66.7 Å². The summed E-state index contributed by atoms with van der Waals surface area (Å²) in [7, 11) is 0. The Balaban J connectivity index is 2.10. The Morgan fingerprint density at radius 3 is 2.17 bits per heavy atom. The minimum atomic E-state index is -4.85. The maximum Gasteiger partial charge on any atom is 0.573 e. The van der Waals surface area contributed by atoms with Crippen LogP contribution in [-0.2, 0) is 0 Å². The van der Waals surface area contributed by atoms with Crippen LogP contribution in [0.2, 0.25) is 0 Å². The number of para-hydroxylation sites is 1. The molecule has 3 aromatic carbocycles. The van der Waals surface area contributed by atoms with E-state index in [0.29, 0.717) is 10.9 Å². The summed E-state index contributed by atoms with van der Waals surface area (Å²) in [4.78, 5) is 12.7. The van der Waals surface area contributed by atoms with Crippen molar-refractivity contribution < 1.29 is 22.7 Å². The molecule has 23 heavy (non-hydrogen) atoms. The van der Waals surface area contributed by atoms with E-state index in [1.165, 1.54) is 18.2 Å². The summed E-state index contributed by atoms with van der Waals surface area (Å²) in [6.07, 6.45) is -4.85. The van der Waals surface area contributed by atoms with E-state index in [-0.39, 0.29) is 5.56 Å². The van der Waals surface area contributed by atoms with Crippen LogP contribution < -0.4 is 4.74 Å². The number of benzene rings is 3. The molecule has 0 heterocycles. The normalized spacial score (nSPS) is 11.4. The standard InChI is InChI=1S/C18H11F3O2/c19-18(20,21)23-16-11-4-3-9-15(16)17(22)14-10-5-7-12-6-1-2-8-13(12)14/h1-11H. The third kappa shape index (κ3) is 3.18. The van der Waals surface area contributed by atoms with Gasteiger partial charge in [-0.1, -0.05) is 54.6 Å². The van der Waals surface area contributed by atoms with Crippen molar-refractivity contribution in [2.24, 2.45) is 0 Å². The SMILES string of the molecule is O=C(c1ccccc1OC(F)(F)F)c1cccc2ccccc12. The Morgan fingerprint density at radius 2 is 1.39 bits per heavy atom. The van der Waals surface area contributed by atoms with Crippen molar-refractivity contribution in [3.05, 3.63) is 77.9 Å². The molecule has 0 radical (unpaired) electrons. The van der Waals surface area contributed by atoms with E-state index in [1.807, 2.05) is 18.2 Å². The summed E-state index contributed by atoms with van der Waals surface area (Å²) in [5.74, 6) is -1.01. The average molecular weight is 316 g/mol. The van der Waals surface area contributed by atoms with Crippen molar-refractivity contribution in [2.75, 3.05) is 0 Å². The van der Waals surface area contributed by atoms with Gasteiger partial charge in [0.15, 0.2) is 5.78 Å². The fourth-order valence-corrected chi connectivity index (χ4v) is 2.44. The first-order chi connectivity index (χ1) is 11.0. The number of hydrogen-bond donors (Lipinski definition) is 0. The zero-order valence-corrected chi connectivity index (χ0v) is 11.8. The van der Waals surface area contributed by atoms with E-state index in [2.05, 4.69) is 4.74 Å². The lowest BCUT2D eigenvalue weighted by Crippen LogP contribution is -2.19. The lowest BCUT2D eigenvalue weighted by molar-refractivity contribution is -0.274. The Morgan fingerprint density at radius 1 is 0.783 bits per heavy atom. The van der Waals surface area contributed by atoms with Crippen LogP contribution in [0.5, 0.6) is 5.75 Å².